The first-order valence-corrected chi connectivity index (χ1v) is 8.70. The maximum atomic E-state index is 12.0. The molecule has 0 atom stereocenters. The zero-order valence-electron chi connectivity index (χ0n) is 15.0. The van der Waals surface area contributed by atoms with Crippen molar-refractivity contribution < 1.29 is 0 Å². The van der Waals surface area contributed by atoms with E-state index in [-0.39, 0.29) is 5.56 Å². The molecule has 24 heavy (non-hydrogen) atoms. The highest BCUT2D eigenvalue weighted by Crippen LogP contribution is 2.28. The van der Waals surface area contributed by atoms with Gasteiger partial charge in [-0.15, -0.1) is 0 Å². The second-order valence-electron chi connectivity index (χ2n) is 6.48. The van der Waals surface area contributed by atoms with Crippen molar-refractivity contribution in [2.45, 2.75) is 46.6 Å². The van der Waals surface area contributed by atoms with Gasteiger partial charge in [-0.25, -0.2) is 4.98 Å². The molecule has 0 aliphatic rings. The van der Waals surface area contributed by atoms with E-state index in [1.807, 2.05) is 32.6 Å². The van der Waals surface area contributed by atoms with Crippen LogP contribution >= 0.6 is 0 Å². The Morgan fingerprint density at radius 1 is 1.12 bits per heavy atom. The molecular formula is C20H25N3O. The van der Waals surface area contributed by atoms with E-state index in [0.29, 0.717) is 0 Å². The van der Waals surface area contributed by atoms with E-state index in [2.05, 4.69) is 35.5 Å². The van der Waals surface area contributed by atoms with Crippen LogP contribution in [-0.4, -0.2) is 14.1 Å². The third-order valence-corrected chi connectivity index (χ3v) is 4.63. The zero-order chi connectivity index (χ0) is 17.3. The summed E-state index contributed by atoms with van der Waals surface area (Å²) in [6.45, 7) is 7.23. The van der Waals surface area contributed by atoms with Gasteiger partial charge in [-0.05, 0) is 54.7 Å². The molecule has 1 aromatic carbocycles. The van der Waals surface area contributed by atoms with Gasteiger partial charge in [0, 0.05) is 25.4 Å². The molecule has 4 heteroatoms. The fraction of sp³-hybridized carbons (Fsp3) is 0.400. The molecule has 0 radical (unpaired) electrons. The Morgan fingerprint density at radius 3 is 2.58 bits per heavy atom. The average Bonchev–Trinajstić information content (AvgIpc) is 2.99. The lowest BCUT2D eigenvalue weighted by atomic mass is 10.0. The number of hydrogen-bond donors (Lipinski definition) is 0. The molecule has 2 heterocycles. The van der Waals surface area contributed by atoms with Crippen LogP contribution < -0.4 is 5.56 Å². The predicted molar refractivity (Wildman–Crippen MR) is 99.4 cm³/mol. The number of hydrogen-bond acceptors (Lipinski definition) is 2. The van der Waals surface area contributed by atoms with Crippen LogP contribution in [0.5, 0.6) is 0 Å². The molecule has 0 spiro atoms. The number of rotatable bonds is 5. The minimum Gasteiger partial charge on any atom is -0.331 e. The molecule has 0 N–H and O–H groups in total. The quantitative estimate of drug-likeness (QED) is 0.710. The summed E-state index contributed by atoms with van der Waals surface area (Å²) in [5, 5.41) is 0. The third kappa shape index (κ3) is 2.88. The van der Waals surface area contributed by atoms with Crippen LogP contribution in [0, 0.1) is 6.92 Å². The molecule has 0 fully saturated rings. The number of unbranched alkanes of at least 4 members (excludes halogenated alkanes) is 1. The van der Waals surface area contributed by atoms with Crippen LogP contribution in [-0.2, 0) is 20.0 Å². The Bertz CT molecular complexity index is 908. The van der Waals surface area contributed by atoms with E-state index in [9.17, 15) is 4.79 Å². The Hall–Kier alpha value is -2.36. The SMILES string of the molecule is CCCCn1cnc2c(CC)cc(-c3cc(C)c(=O)n(C)c3)cc21. The summed E-state index contributed by atoms with van der Waals surface area (Å²) in [5.41, 5.74) is 6.59. The lowest BCUT2D eigenvalue weighted by molar-refractivity contribution is 0.646. The minimum atomic E-state index is 0.0588. The van der Waals surface area contributed by atoms with Gasteiger partial charge in [0.1, 0.15) is 0 Å². The molecule has 3 aromatic rings. The van der Waals surface area contributed by atoms with Gasteiger partial charge in [0.2, 0.25) is 0 Å². The van der Waals surface area contributed by atoms with Crippen LogP contribution in [0.1, 0.15) is 37.8 Å². The second kappa shape index (κ2) is 6.63. The Morgan fingerprint density at radius 2 is 1.92 bits per heavy atom. The first kappa shape index (κ1) is 16.5. The van der Waals surface area contributed by atoms with Crippen LogP contribution in [0.3, 0.4) is 0 Å². The van der Waals surface area contributed by atoms with Crippen molar-refractivity contribution in [3.63, 3.8) is 0 Å². The van der Waals surface area contributed by atoms with Crippen molar-refractivity contribution >= 4 is 11.0 Å². The summed E-state index contributed by atoms with van der Waals surface area (Å²) in [7, 11) is 1.81. The van der Waals surface area contributed by atoms with E-state index < -0.39 is 0 Å². The molecular weight excluding hydrogens is 298 g/mol. The molecule has 0 bridgehead atoms. The molecule has 0 unspecified atom stereocenters. The fourth-order valence-electron chi connectivity index (χ4n) is 3.21. The molecule has 0 aliphatic heterocycles. The number of aromatic nitrogens is 3. The van der Waals surface area contributed by atoms with Gasteiger partial charge < -0.3 is 9.13 Å². The molecule has 4 nitrogen and oxygen atoms in total. The van der Waals surface area contributed by atoms with Crippen LogP contribution in [0.4, 0.5) is 0 Å². The molecule has 2 aromatic heterocycles. The second-order valence-corrected chi connectivity index (χ2v) is 6.48. The average molecular weight is 323 g/mol. The van der Waals surface area contributed by atoms with Gasteiger partial charge in [-0.2, -0.15) is 0 Å². The summed E-state index contributed by atoms with van der Waals surface area (Å²) < 4.78 is 3.91. The van der Waals surface area contributed by atoms with Gasteiger partial charge in [-0.1, -0.05) is 20.3 Å². The molecule has 3 rings (SSSR count). The summed E-state index contributed by atoms with van der Waals surface area (Å²) in [6, 6.07) is 6.39. The van der Waals surface area contributed by atoms with Crippen LogP contribution in [0.2, 0.25) is 0 Å². The van der Waals surface area contributed by atoms with Gasteiger partial charge >= 0.3 is 0 Å². The highest BCUT2D eigenvalue weighted by atomic mass is 16.1. The van der Waals surface area contributed by atoms with E-state index >= 15 is 0 Å². The lowest BCUT2D eigenvalue weighted by Gasteiger charge is -2.10. The van der Waals surface area contributed by atoms with Gasteiger partial charge in [-0.3, -0.25) is 4.79 Å². The monoisotopic (exact) mass is 323 g/mol. The van der Waals surface area contributed by atoms with E-state index in [1.54, 1.807) is 4.57 Å². The first-order chi connectivity index (χ1) is 11.5. The van der Waals surface area contributed by atoms with Crippen molar-refractivity contribution in [3.8, 4) is 11.1 Å². The Balaban J connectivity index is 2.19. The zero-order valence-corrected chi connectivity index (χ0v) is 15.0. The molecule has 126 valence electrons. The van der Waals surface area contributed by atoms with E-state index in [1.165, 1.54) is 17.5 Å². The molecule has 0 saturated heterocycles. The van der Waals surface area contributed by atoms with Crippen LogP contribution in [0.25, 0.3) is 22.2 Å². The maximum Gasteiger partial charge on any atom is 0.253 e. The van der Waals surface area contributed by atoms with Crippen molar-refractivity contribution in [3.05, 3.63) is 52.2 Å². The standard InChI is InChI=1S/C20H25N3O/c1-5-7-8-23-13-21-19-15(6-2)10-16(11-18(19)23)17-9-14(3)20(24)22(4)12-17/h9-13H,5-8H2,1-4H3. The van der Waals surface area contributed by atoms with Crippen molar-refractivity contribution in [1.29, 1.82) is 0 Å². The number of aryl methyl sites for hydroxylation is 4. The topological polar surface area (TPSA) is 39.8 Å². The summed E-state index contributed by atoms with van der Waals surface area (Å²) in [6.07, 6.45) is 7.13. The summed E-state index contributed by atoms with van der Waals surface area (Å²) in [4.78, 5) is 16.6. The smallest absolute Gasteiger partial charge is 0.253 e. The number of benzene rings is 1. The van der Waals surface area contributed by atoms with Gasteiger partial charge in [0.05, 0.1) is 17.4 Å². The number of nitrogens with zero attached hydrogens (tertiary/aromatic N) is 3. The molecule has 0 amide bonds. The predicted octanol–water partition coefficient (Wildman–Crippen LogP) is 4.07. The van der Waals surface area contributed by atoms with Crippen molar-refractivity contribution in [1.82, 2.24) is 14.1 Å². The number of fused-ring (bicyclic) bond motifs is 1. The summed E-state index contributed by atoms with van der Waals surface area (Å²) >= 11 is 0. The van der Waals surface area contributed by atoms with Gasteiger partial charge in [0.25, 0.3) is 5.56 Å². The normalized spacial score (nSPS) is 11.3. The maximum absolute atomic E-state index is 12.0. The minimum absolute atomic E-state index is 0.0588. The van der Waals surface area contributed by atoms with E-state index in [0.717, 1.165) is 41.6 Å². The van der Waals surface area contributed by atoms with Crippen molar-refractivity contribution in [2.75, 3.05) is 0 Å². The Kier molecular flexibility index (Phi) is 4.56. The highest BCUT2D eigenvalue weighted by Gasteiger charge is 2.11. The summed E-state index contributed by atoms with van der Waals surface area (Å²) in [5.74, 6) is 0. The lowest BCUT2D eigenvalue weighted by Crippen LogP contribution is -2.18. The van der Waals surface area contributed by atoms with Crippen molar-refractivity contribution in [2.24, 2.45) is 7.05 Å². The molecule has 0 saturated carbocycles. The Labute approximate surface area is 142 Å². The van der Waals surface area contributed by atoms with E-state index in [4.69, 9.17) is 0 Å². The highest BCUT2D eigenvalue weighted by molar-refractivity contribution is 5.85. The largest absolute Gasteiger partial charge is 0.331 e. The van der Waals surface area contributed by atoms with Crippen LogP contribution in [0.15, 0.2) is 35.5 Å². The first-order valence-electron chi connectivity index (χ1n) is 8.70. The number of imidazole rings is 1. The van der Waals surface area contributed by atoms with Gasteiger partial charge in [0.15, 0.2) is 0 Å². The number of pyridine rings is 1. The molecule has 0 aliphatic carbocycles. The third-order valence-electron chi connectivity index (χ3n) is 4.63. The fourth-order valence-corrected chi connectivity index (χ4v) is 3.21.